The van der Waals surface area contributed by atoms with Crippen LogP contribution in [0.2, 0.25) is 0 Å². The number of rotatable bonds is 8. The van der Waals surface area contributed by atoms with E-state index in [9.17, 15) is 9.59 Å². The van der Waals surface area contributed by atoms with E-state index in [4.69, 9.17) is 4.98 Å². The Kier molecular flexibility index (Phi) is 6.56. The van der Waals surface area contributed by atoms with Crippen molar-refractivity contribution in [2.45, 2.75) is 58.4 Å². The van der Waals surface area contributed by atoms with Crippen LogP contribution in [-0.2, 0) is 17.9 Å². The lowest BCUT2D eigenvalue weighted by molar-refractivity contribution is -0.119. The Hall–Kier alpha value is -2.13. The van der Waals surface area contributed by atoms with E-state index in [0.717, 1.165) is 17.0 Å². The maximum Gasteiger partial charge on any atom is 0.280 e. The molecule has 0 fully saturated rings. The molecule has 150 valence electrons. The van der Waals surface area contributed by atoms with Crippen LogP contribution < -0.4 is 10.9 Å². The second-order valence-corrected chi connectivity index (χ2v) is 8.60. The van der Waals surface area contributed by atoms with Gasteiger partial charge in [0.15, 0.2) is 10.7 Å². The van der Waals surface area contributed by atoms with Gasteiger partial charge in [0.05, 0.1) is 18.0 Å². The van der Waals surface area contributed by atoms with Crippen LogP contribution in [0.3, 0.4) is 0 Å². The minimum absolute atomic E-state index is 0.0580. The van der Waals surface area contributed by atoms with Gasteiger partial charge in [0.2, 0.25) is 5.91 Å². The number of aromatic nitrogens is 4. The molecule has 1 N–H and O–H groups in total. The molecule has 0 saturated heterocycles. The van der Waals surface area contributed by atoms with Gasteiger partial charge in [-0.2, -0.15) is 5.10 Å². The molecule has 28 heavy (non-hydrogen) atoms. The molecule has 0 aliphatic heterocycles. The zero-order chi connectivity index (χ0) is 20.3. The fourth-order valence-electron chi connectivity index (χ4n) is 2.87. The number of hydrogen-bond acceptors (Lipinski definition) is 6. The molecule has 1 atom stereocenters. The number of amides is 1. The summed E-state index contributed by atoms with van der Waals surface area (Å²) in [6.45, 7) is 8.85. The van der Waals surface area contributed by atoms with E-state index < -0.39 is 0 Å². The second kappa shape index (κ2) is 8.91. The number of carbonyl (C=O) groups is 1. The Balaban J connectivity index is 2.00. The largest absolute Gasteiger partial charge is 0.353 e. The average Bonchev–Trinajstić information content (AvgIpc) is 3.30. The topological polar surface area (TPSA) is 81.8 Å². The van der Waals surface area contributed by atoms with Crippen LogP contribution in [0.1, 0.15) is 37.8 Å². The number of hydrogen-bond donors (Lipinski definition) is 1. The van der Waals surface area contributed by atoms with Crippen molar-refractivity contribution >= 4 is 40.0 Å². The number of carbonyl (C=O) groups excluding carboxylic acids is 1. The van der Waals surface area contributed by atoms with Crippen molar-refractivity contribution in [2.75, 3.05) is 5.75 Å². The first-order valence-electron chi connectivity index (χ1n) is 9.37. The van der Waals surface area contributed by atoms with E-state index in [2.05, 4.69) is 10.4 Å². The summed E-state index contributed by atoms with van der Waals surface area (Å²) in [5.74, 6) is 0.158. The van der Waals surface area contributed by atoms with Crippen LogP contribution in [-0.4, -0.2) is 37.0 Å². The molecule has 0 bridgehead atoms. The summed E-state index contributed by atoms with van der Waals surface area (Å²) in [5.41, 5.74) is 1.73. The van der Waals surface area contributed by atoms with Gasteiger partial charge in [-0.3, -0.25) is 18.8 Å². The van der Waals surface area contributed by atoms with Crippen molar-refractivity contribution in [2.24, 2.45) is 0 Å². The van der Waals surface area contributed by atoms with Crippen LogP contribution >= 0.6 is 23.1 Å². The molecule has 3 rings (SSSR count). The van der Waals surface area contributed by atoms with Crippen molar-refractivity contribution in [3.05, 3.63) is 38.4 Å². The maximum atomic E-state index is 13.3. The summed E-state index contributed by atoms with van der Waals surface area (Å²) >= 11 is 2.88. The molecular formula is C19H25N5O2S2. The number of nitrogens with one attached hydrogen (secondary N) is 1. The molecule has 3 aromatic heterocycles. The average molecular weight is 420 g/mol. The number of aryl methyl sites for hydroxylation is 2. The molecule has 0 unspecified atom stereocenters. The molecule has 0 saturated carbocycles. The van der Waals surface area contributed by atoms with Crippen molar-refractivity contribution in [1.82, 2.24) is 24.6 Å². The van der Waals surface area contributed by atoms with Crippen LogP contribution in [0, 0.1) is 6.92 Å². The lowest BCUT2D eigenvalue weighted by atomic mass is 10.3. The number of fused-ring (bicyclic) bond motifs is 1. The highest BCUT2D eigenvalue weighted by atomic mass is 32.2. The van der Waals surface area contributed by atoms with E-state index in [1.807, 2.05) is 45.2 Å². The molecule has 7 nitrogen and oxygen atoms in total. The van der Waals surface area contributed by atoms with E-state index in [1.165, 1.54) is 11.8 Å². The van der Waals surface area contributed by atoms with E-state index in [1.54, 1.807) is 20.6 Å². The molecule has 0 spiro atoms. The van der Waals surface area contributed by atoms with E-state index in [-0.39, 0.29) is 23.3 Å². The van der Waals surface area contributed by atoms with E-state index >= 15 is 0 Å². The summed E-state index contributed by atoms with van der Waals surface area (Å²) in [5, 5.41) is 9.93. The summed E-state index contributed by atoms with van der Waals surface area (Å²) in [6.07, 6.45) is 0.874. The molecule has 0 aliphatic rings. The Labute approximate surface area is 172 Å². The van der Waals surface area contributed by atoms with Gasteiger partial charge in [-0.25, -0.2) is 4.98 Å². The molecule has 0 aromatic carbocycles. The summed E-state index contributed by atoms with van der Waals surface area (Å²) in [7, 11) is 0. The summed E-state index contributed by atoms with van der Waals surface area (Å²) in [6, 6.07) is 4.08. The fourth-order valence-corrected chi connectivity index (χ4v) is 4.37. The normalized spacial score (nSPS) is 12.4. The van der Waals surface area contributed by atoms with Gasteiger partial charge in [0.25, 0.3) is 5.56 Å². The van der Waals surface area contributed by atoms with Crippen LogP contribution in [0.25, 0.3) is 11.0 Å². The van der Waals surface area contributed by atoms with Crippen LogP contribution in [0.4, 0.5) is 0 Å². The number of thiophene rings is 1. The molecule has 9 heteroatoms. The van der Waals surface area contributed by atoms with E-state index in [0.29, 0.717) is 29.3 Å². The van der Waals surface area contributed by atoms with Gasteiger partial charge in [-0.15, -0.1) is 11.3 Å². The fraction of sp³-hybridized carbons (Fsp3) is 0.474. The zero-order valence-electron chi connectivity index (χ0n) is 16.6. The number of thioether (sulfide) groups is 1. The second-order valence-electron chi connectivity index (χ2n) is 6.63. The van der Waals surface area contributed by atoms with Crippen molar-refractivity contribution in [3.63, 3.8) is 0 Å². The highest BCUT2D eigenvalue weighted by Gasteiger charge is 2.19. The first kappa shape index (κ1) is 20.6. The van der Waals surface area contributed by atoms with Gasteiger partial charge < -0.3 is 5.32 Å². The Morgan fingerprint density at radius 3 is 2.82 bits per heavy atom. The Morgan fingerprint density at radius 1 is 1.39 bits per heavy atom. The first-order chi connectivity index (χ1) is 13.4. The van der Waals surface area contributed by atoms with Crippen molar-refractivity contribution in [1.29, 1.82) is 0 Å². The van der Waals surface area contributed by atoms with Gasteiger partial charge in [0.1, 0.15) is 5.52 Å². The van der Waals surface area contributed by atoms with Crippen molar-refractivity contribution < 1.29 is 4.79 Å². The predicted octanol–water partition coefficient (Wildman–Crippen LogP) is 3.04. The minimum Gasteiger partial charge on any atom is -0.353 e. The maximum absolute atomic E-state index is 13.3. The minimum atomic E-state index is -0.120. The molecular weight excluding hydrogens is 394 g/mol. The first-order valence-corrected chi connectivity index (χ1v) is 11.2. The monoisotopic (exact) mass is 419 g/mol. The molecule has 0 aliphatic carbocycles. The summed E-state index contributed by atoms with van der Waals surface area (Å²) < 4.78 is 3.36. The summed E-state index contributed by atoms with van der Waals surface area (Å²) in [4.78, 5) is 31.3. The predicted molar refractivity (Wildman–Crippen MR) is 114 cm³/mol. The van der Waals surface area contributed by atoms with Crippen molar-refractivity contribution in [3.8, 4) is 0 Å². The highest BCUT2D eigenvalue weighted by Crippen LogP contribution is 2.22. The molecule has 3 heterocycles. The molecule has 0 radical (unpaired) electrons. The lowest BCUT2D eigenvalue weighted by Crippen LogP contribution is -2.33. The third-order valence-corrected chi connectivity index (χ3v) is 6.37. The SMILES string of the molecule is CC[C@@H](C)NC(=O)CSc1nc2c(C)nn(CC)c2c(=O)n1Cc1cccs1. The van der Waals surface area contributed by atoms with Gasteiger partial charge >= 0.3 is 0 Å². The highest BCUT2D eigenvalue weighted by molar-refractivity contribution is 7.99. The Bertz CT molecular complexity index is 1020. The third-order valence-electron chi connectivity index (χ3n) is 4.53. The van der Waals surface area contributed by atoms with Crippen LogP contribution in [0.15, 0.2) is 27.5 Å². The Morgan fingerprint density at radius 2 is 2.18 bits per heavy atom. The number of nitrogens with zero attached hydrogens (tertiary/aromatic N) is 4. The molecule has 3 aromatic rings. The molecule has 1 amide bonds. The third kappa shape index (κ3) is 4.30. The van der Waals surface area contributed by atoms with Gasteiger partial charge in [-0.1, -0.05) is 24.8 Å². The smallest absolute Gasteiger partial charge is 0.280 e. The zero-order valence-corrected chi connectivity index (χ0v) is 18.2. The lowest BCUT2D eigenvalue weighted by Gasteiger charge is -2.13. The van der Waals surface area contributed by atoms with Crippen LogP contribution in [0.5, 0.6) is 0 Å². The standard InChI is InChI=1S/C19H25N5O2S2/c1-5-12(3)20-15(25)11-28-19-21-16-13(4)22-24(6-2)17(16)18(26)23(19)10-14-8-7-9-27-14/h7-9,12H,5-6,10-11H2,1-4H3,(H,20,25)/t12-/m1/s1. The van der Waals surface area contributed by atoms with Gasteiger partial charge in [-0.05, 0) is 38.6 Å². The quantitative estimate of drug-likeness (QED) is 0.448. The van der Waals surface area contributed by atoms with Gasteiger partial charge in [0, 0.05) is 17.5 Å².